The first kappa shape index (κ1) is 12.6. The fourth-order valence-electron chi connectivity index (χ4n) is 2.42. The SMILES string of the molecule is CC1CCC(NCc2cc(Br)cs2)CC1C. The predicted molar refractivity (Wildman–Crippen MR) is 74.8 cm³/mol. The first-order chi connectivity index (χ1) is 7.65. The molecule has 1 fully saturated rings. The topological polar surface area (TPSA) is 12.0 Å². The van der Waals surface area contributed by atoms with Crippen LogP contribution in [0.3, 0.4) is 0 Å². The van der Waals surface area contributed by atoms with Crippen LogP contribution in [-0.4, -0.2) is 6.04 Å². The molecule has 1 aromatic rings. The number of nitrogens with one attached hydrogen (secondary N) is 1. The van der Waals surface area contributed by atoms with Crippen molar-refractivity contribution in [3.63, 3.8) is 0 Å². The van der Waals surface area contributed by atoms with Crippen molar-refractivity contribution in [2.75, 3.05) is 0 Å². The second-order valence-electron chi connectivity index (χ2n) is 5.08. The summed E-state index contributed by atoms with van der Waals surface area (Å²) in [5.74, 6) is 1.79. The Morgan fingerprint density at radius 1 is 1.38 bits per heavy atom. The van der Waals surface area contributed by atoms with E-state index in [0.717, 1.165) is 24.4 Å². The molecule has 3 atom stereocenters. The van der Waals surface area contributed by atoms with Crippen LogP contribution in [0.15, 0.2) is 15.9 Å². The van der Waals surface area contributed by atoms with Crippen molar-refractivity contribution in [3.05, 3.63) is 20.8 Å². The summed E-state index contributed by atoms with van der Waals surface area (Å²) in [6.45, 7) is 5.81. The fraction of sp³-hybridized carbons (Fsp3) is 0.692. The average molecular weight is 302 g/mol. The van der Waals surface area contributed by atoms with E-state index in [2.05, 4.69) is 46.5 Å². The molecule has 3 heteroatoms. The molecular formula is C13H20BrNS. The molecule has 1 nitrogen and oxygen atoms in total. The molecule has 1 N–H and O–H groups in total. The van der Waals surface area contributed by atoms with E-state index < -0.39 is 0 Å². The Morgan fingerprint density at radius 3 is 2.81 bits per heavy atom. The van der Waals surface area contributed by atoms with Crippen molar-refractivity contribution >= 4 is 27.3 Å². The van der Waals surface area contributed by atoms with Gasteiger partial charge in [-0.1, -0.05) is 13.8 Å². The van der Waals surface area contributed by atoms with Crippen LogP contribution in [0.5, 0.6) is 0 Å². The Morgan fingerprint density at radius 2 is 2.19 bits per heavy atom. The van der Waals surface area contributed by atoms with Gasteiger partial charge < -0.3 is 5.32 Å². The number of rotatable bonds is 3. The molecule has 0 saturated heterocycles. The minimum absolute atomic E-state index is 0.729. The molecule has 0 aliphatic heterocycles. The molecule has 1 aliphatic rings. The smallest absolute Gasteiger partial charge is 0.0302 e. The van der Waals surface area contributed by atoms with Crippen LogP contribution in [-0.2, 0) is 6.54 Å². The van der Waals surface area contributed by atoms with E-state index >= 15 is 0 Å². The van der Waals surface area contributed by atoms with E-state index in [9.17, 15) is 0 Å². The first-order valence-electron chi connectivity index (χ1n) is 6.11. The molecule has 0 radical (unpaired) electrons. The lowest BCUT2D eigenvalue weighted by Crippen LogP contribution is -2.35. The van der Waals surface area contributed by atoms with Gasteiger partial charge >= 0.3 is 0 Å². The van der Waals surface area contributed by atoms with Crippen molar-refractivity contribution in [1.29, 1.82) is 0 Å². The van der Waals surface area contributed by atoms with Crippen molar-refractivity contribution < 1.29 is 0 Å². The molecule has 0 bridgehead atoms. The van der Waals surface area contributed by atoms with E-state index in [0.29, 0.717) is 0 Å². The summed E-state index contributed by atoms with van der Waals surface area (Å²) in [5.41, 5.74) is 0. The third kappa shape index (κ3) is 3.31. The van der Waals surface area contributed by atoms with Gasteiger partial charge in [0.15, 0.2) is 0 Å². The van der Waals surface area contributed by atoms with Crippen molar-refractivity contribution in [3.8, 4) is 0 Å². The van der Waals surface area contributed by atoms with Crippen molar-refractivity contribution in [2.45, 2.75) is 45.7 Å². The normalized spacial score (nSPS) is 30.6. The molecule has 0 spiro atoms. The molecule has 1 heterocycles. The molecule has 3 unspecified atom stereocenters. The van der Waals surface area contributed by atoms with Crippen molar-refractivity contribution in [1.82, 2.24) is 5.32 Å². The molecule has 90 valence electrons. The van der Waals surface area contributed by atoms with Crippen LogP contribution >= 0.6 is 27.3 Å². The quantitative estimate of drug-likeness (QED) is 0.871. The number of thiophene rings is 1. The highest BCUT2D eigenvalue weighted by Gasteiger charge is 2.23. The van der Waals surface area contributed by atoms with Gasteiger partial charge in [0.2, 0.25) is 0 Å². The Kier molecular flexibility index (Phi) is 4.45. The summed E-state index contributed by atoms with van der Waals surface area (Å²) in [6, 6.07) is 2.94. The largest absolute Gasteiger partial charge is 0.309 e. The highest BCUT2D eigenvalue weighted by atomic mass is 79.9. The molecule has 2 rings (SSSR count). The van der Waals surface area contributed by atoms with E-state index in [1.165, 1.54) is 28.6 Å². The Balaban J connectivity index is 1.78. The molecule has 0 aromatic carbocycles. The van der Waals surface area contributed by atoms with E-state index in [1.807, 2.05) is 11.3 Å². The van der Waals surface area contributed by atoms with Crippen molar-refractivity contribution in [2.24, 2.45) is 11.8 Å². The standard InChI is InChI=1S/C13H20BrNS/c1-9-3-4-12(5-10(9)2)15-7-13-6-11(14)8-16-13/h6,8-10,12,15H,3-5,7H2,1-2H3. The van der Waals surface area contributed by atoms with Gasteiger partial charge in [-0.3, -0.25) is 0 Å². The summed E-state index contributed by atoms with van der Waals surface area (Å²) in [5, 5.41) is 5.85. The number of halogens is 1. The summed E-state index contributed by atoms with van der Waals surface area (Å²) in [4.78, 5) is 1.43. The zero-order chi connectivity index (χ0) is 11.5. The molecule has 0 amide bonds. The van der Waals surface area contributed by atoms with Gasteiger partial charge in [0.05, 0.1) is 0 Å². The highest BCUT2D eigenvalue weighted by molar-refractivity contribution is 9.10. The van der Waals surface area contributed by atoms with E-state index in [4.69, 9.17) is 0 Å². The molecule has 1 saturated carbocycles. The second kappa shape index (κ2) is 5.65. The zero-order valence-corrected chi connectivity index (χ0v) is 12.4. The molecule has 1 aliphatic carbocycles. The zero-order valence-electron chi connectivity index (χ0n) is 10.0. The lowest BCUT2D eigenvalue weighted by atomic mass is 9.79. The summed E-state index contributed by atoms with van der Waals surface area (Å²) in [7, 11) is 0. The Hall–Kier alpha value is 0.140. The Bertz CT molecular complexity index is 336. The highest BCUT2D eigenvalue weighted by Crippen LogP contribution is 2.29. The van der Waals surface area contributed by atoms with Crippen LogP contribution in [0, 0.1) is 11.8 Å². The predicted octanol–water partition coefficient (Wildman–Crippen LogP) is 4.42. The maximum absolute atomic E-state index is 3.69. The Labute approximate surface area is 111 Å². The van der Waals surface area contributed by atoms with Gasteiger partial charge in [-0.05, 0) is 53.1 Å². The van der Waals surface area contributed by atoms with Crippen LogP contribution in [0.4, 0.5) is 0 Å². The number of hydrogen-bond donors (Lipinski definition) is 1. The van der Waals surface area contributed by atoms with E-state index in [-0.39, 0.29) is 0 Å². The average Bonchev–Trinajstić information content (AvgIpc) is 2.66. The molecule has 16 heavy (non-hydrogen) atoms. The van der Waals surface area contributed by atoms with Gasteiger partial charge in [0.25, 0.3) is 0 Å². The third-order valence-corrected chi connectivity index (χ3v) is 5.48. The fourth-order valence-corrected chi connectivity index (χ4v) is 3.83. The second-order valence-corrected chi connectivity index (χ2v) is 6.99. The maximum Gasteiger partial charge on any atom is 0.0302 e. The number of hydrogen-bond acceptors (Lipinski definition) is 2. The van der Waals surface area contributed by atoms with Gasteiger partial charge in [-0.25, -0.2) is 0 Å². The third-order valence-electron chi connectivity index (χ3n) is 3.78. The summed E-state index contributed by atoms with van der Waals surface area (Å²) >= 11 is 5.33. The summed E-state index contributed by atoms with van der Waals surface area (Å²) in [6.07, 6.45) is 4.07. The molecular weight excluding hydrogens is 282 g/mol. The monoisotopic (exact) mass is 301 g/mol. The van der Waals surface area contributed by atoms with Crippen LogP contribution in [0.2, 0.25) is 0 Å². The van der Waals surface area contributed by atoms with Gasteiger partial charge in [0, 0.05) is 27.3 Å². The van der Waals surface area contributed by atoms with Crippen LogP contribution in [0.1, 0.15) is 38.0 Å². The van der Waals surface area contributed by atoms with Gasteiger partial charge in [-0.15, -0.1) is 11.3 Å². The first-order valence-corrected chi connectivity index (χ1v) is 7.78. The van der Waals surface area contributed by atoms with Gasteiger partial charge in [0.1, 0.15) is 0 Å². The van der Waals surface area contributed by atoms with Crippen LogP contribution in [0.25, 0.3) is 0 Å². The molecule has 1 aromatic heterocycles. The van der Waals surface area contributed by atoms with Crippen LogP contribution < -0.4 is 5.32 Å². The minimum atomic E-state index is 0.729. The minimum Gasteiger partial charge on any atom is -0.309 e. The lowest BCUT2D eigenvalue weighted by molar-refractivity contribution is 0.226. The summed E-state index contributed by atoms with van der Waals surface area (Å²) < 4.78 is 1.21. The lowest BCUT2D eigenvalue weighted by Gasteiger charge is -2.32. The van der Waals surface area contributed by atoms with E-state index in [1.54, 1.807) is 0 Å². The maximum atomic E-state index is 3.69. The van der Waals surface area contributed by atoms with Gasteiger partial charge in [-0.2, -0.15) is 0 Å².